The molecule has 3 atom stereocenters. The van der Waals surface area contributed by atoms with Gasteiger partial charge in [-0.05, 0) is 11.3 Å². The normalized spacial score (nSPS) is 25.0. The Hall–Kier alpha value is -1.27. The Balaban J connectivity index is 2.78. The van der Waals surface area contributed by atoms with Crippen LogP contribution in [-0.4, -0.2) is 36.0 Å². The van der Waals surface area contributed by atoms with Crippen LogP contribution in [0.3, 0.4) is 0 Å². The summed E-state index contributed by atoms with van der Waals surface area (Å²) in [5.74, 6) is -4.53. The van der Waals surface area contributed by atoms with Gasteiger partial charge in [0.25, 0.3) is 0 Å². The fourth-order valence-corrected chi connectivity index (χ4v) is 2.32. The second kappa shape index (κ2) is 5.85. The summed E-state index contributed by atoms with van der Waals surface area (Å²) in [5.41, 5.74) is 4.93. The van der Waals surface area contributed by atoms with Crippen LogP contribution in [0.4, 0.5) is 13.2 Å². The number of primary amides is 1. The molecule has 2 N–H and O–H groups in total. The average molecular weight is 308 g/mol. The van der Waals surface area contributed by atoms with Crippen LogP contribution in [0.1, 0.15) is 34.1 Å². The van der Waals surface area contributed by atoms with Crippen molar-refractivity contribution in [2.45, 2.75) is 40.3 Å². The number of likely N-dealkylation sites (tertiary alicyclic amines) is 1. The maximum Gasteiger partial charge on any atom is 0.394 e. The van der Waals surface area contributed by atoms with E-state index in [2.05, 4.69) is 0 Å². The van der Waals surface area contributed by atoms with E-state index in [1.165, 1.54) is 0 Å². The molecule has 1 fully saturated rings. The zero-order valence-electron chi connectivity index (χ0n) is 12.8. The molecule has 0 spiro atoms. The first kappa shape index (κ1) is 17.8. The summed E-state index contributed by atoms with van der Waals surface area (Å²) in [5, 5.41) is 0. The highest BCUT2D eigenvalue weighted by atomic mass is 19.4. The van der Waals surface area contributed by atoms with E-state index in [0.29, 0.717) is 0 Å². The van der Waals surface area contributed by atoms with E-state index >= 15 is 0 Å². The van der Waals surface area contributed by atoms with Gasteiger partial charge in [0.2, 0.25) is 11.8 Å². The first-order chi connectivity index (χ1) is 9.34. The molecule has 21 heavy (non-hydrogen) atoms. The van der Waals surface area contributed by atoms with Gasteiger partial charge in [-0.15, -0.1) is 0 Å². The highest BCUT2D eigenvalue weighted by molar-refractivity contribution is 5.81. The molecule has 0 radical (unpaired) electrons. The van der Waals surface area contributed by atoms with Crippen LogP contribution >= 0.6 is 0 Å². The molecule has 0 aliphatic carbocycles. The van der Waals surface area contributed by atoms with Crippen LogP contribution in [0.5, 0.6) is 0 Å². The van der Waals surface area contributed by atoms with E-state index in [0.717, 1.165) is 4.90 Å². The Labute approximate surface area is 122 Å². The quantitative estimate of drug-likeness (QED) is 0.868. The molecule has 1 saturated heterocycles. The lowest BCUT2D eigenvalue weighted by Gasteiger charge is -2.28. The van der Waals surface area contributed by atoms with E-state index in [1.807, 2.05) is 27.7 Å². The summed E-state index contributed by atoms with van der Waals surface area (Å²) in [6.07, 6.45) is -4.36. The third kappa shape index (κ3) is 4.35. The number of carbonyl (C=O) groups is 2. The van der Waals surface area contributed by atoms with Gasteiger partial charge >= 0.3 is 6.18 Å². The smallest absolute Gasteiger partial charge is 0.369 e. The maximum atomic E-state index is 12.9. The number of rotatable bonds is 3. The first-order valence-corrected chi connectivity index (χ1v) is 6.97. The highest BCUT2D eigenvalue weighted by Crippen LogP contribution is 2.38. The number of carbonyl (C=O) groups excluding carboxylic acids is 2. The number of nitrogens with two attached hydrogens (primary N) is 1. The zero-order valence-corrected chi connectivity index (χ0v) is 12.8. The van der Waals surface area contributed by atoms with Gasteiger partial charge in [-0.25, -0.2) is 0 Å². The van der Waals surface area contributed by atoms with Crippen molar-refractivity contribution in [2.75, 3.05) is 13.1 Å². The topological polar surface area (TPSA) is 63.4 Å². The Bertz CT molecular complexity index is 415. The van der Waals surface area contributed by atoms with Crippen LogP contribution in [0.15, 0.2) is 0 Å². The van der Waals surface area contributed by atoms with Crippen molar-refractivity contribution in [3.63, 3.8) is 0 Å². The molecule has 0 aromatic heterocycles. The van der Waals surface area contributed by atoms with E-state index in [1.54, 1.807) is 0 Å². The molecular formula is C14H23F3N2O2. The summed E-state index contributed by atoms with van der Waals surface area (Å²) < 4.78 is 38.7. The number of nitrogens with zero attached hydrogens (tertiary/aromatic N) is 1. The van der Waals surface area contributed by atoms with Crippen molar-refractivity contribution in [1.29, 1.82) is 0 Å². The predicted molar refractivity (Wildman–Crippen MR) is 72.0 cm³/mol. The second-order valence-electron chi connectivity index (χ2n) is 6.93. The minimum absolute atomic E-state index is 0.0296. The Morgan fingerprint density at radius 1 is 1.24 bits per heavy atom. The van der Waals surface area contributed by atoms with Crippen molar-refractivity contribution in [3.05, 3.63) is 0 Å². The second-order valence-corrected chi connectivity index (χ2v) is 6.93. The highest BCUT2D eigenvalue weighted by Gasteiger charge is 2.52. The minimum Gasteiger partial charge on any atom is -0.369 e. The first-order valence-electron chi connectivity index (χ1n) is 6.97. The Kier molecular flexibility index (Phi) is 4.95. The van der Waals surface area contributed by atoms with Crippen LogP contribution in [0, 0.1) is 23.2 Å². The maximum absolute atomic E-state index is 12.9. The molecule has 0 aromatic rings. The van der Waals surface area contributed by atoms with E-state index < -0.39 is 30.5 Å². The number of hydrogen-bond donors (Lipinski definition) is 1. The van der Waals surface area contributed by atoms with Crippen LogP contribution in [-0.2, 0) is 9.59 Å². The van der Waals surface area contributed by atoms with Gasteiger partial charge in [-0.2, -0.15) is 13.2 Å². The number of halogens is 3. The van der Waals surface area contributed by atoms with Crippen molar-refractivity contribution in [3.8, 4) is 0 Å². The fourth-order valence-electron chi connectivity index (χ4n) is 2.32. The summed E-state index contributed by atoms with van der Waals surface area (Å²) in [6.45, 7) is 7.09. The third-order valence-corrected chi connectivity index (χ3v) is 4.42. The molecule has 1 aliphatic rings. The summed E-state index contributed by atoms with van der Waals surface area (Å²) in [4.78, 5) is 24.5. The lowest BCUT2D eigenvalue weighted by molar-refractivity contribution is -0.182. The van der Waals surface area contributed by atoms with Gasteiger partial charge in [0, 0.05) is 19.5 Å². The molecule has 0 aromatic carbocycles. The number of hydrogen-bond acceptors (Lipinski definition) is 2. The van der Waals surface area contributed by atoms with Gasteiger partial charge in [-0.3, -0.25) is 9.59 Å². The zero-order chi connectivity index (χ0) is 16.6. The lowest BCUT2D eigenvalue weighted by atomic mass is 9.80. The Morgan fingerprint density at radius 3 is 2.10 bits per heavy atom. The Morgan fingerprint density at radius 2 is 1.76 bits per heavy atom. The summed E-state index contributed by atoms with van der Waals surface area (Å²) in [6, 6.07) is 0. The summed E-state index contributed by atoms with van der Waals surface area (Å²) in [7, 11) is 0. The fraction of sp³-hybridized carbons (Fsp3) is 0.857. The molecule has 0 bridgehead atoms. The van der Waals surface area contributed by atoms with Gasteiger partial charge in [0.15, 0.2) is 0 Å². The molecular weight excluding hydrogens is 285 g/mol. The predicted octanol–water partition coefficient (Wildman–Crippen LogP) is 2.18. The molecule has 1 heterocycles. The van der Waals surface area contributed by atoms with E-state index in [4.69, 9.17) is 5.73 Å². The van der Waals surface area contributed by atoms with Crippen molar-refractivity contribution in [2.24, 2.45) is 28.9 Å². The summed E-state index contributed by atoms with van der Waals surface area (Å²) >= 11 is 0. The van der Waals surface area contributed by atoms with Gasteiger partial charge < -0.3 is 10.6 Å². The monoisotopic (exact) mass is 308 g/mol. The van der Waals surface area contributed by atoms with E-state index in [-0.39, 0.29) is 30.2 Å². The average Bonchev–Trinajstić information content (AvgIpc) is 2.71. The molecule has 1 aliphatic heterocycles. The standard InChI is InChI=1S/C14H23F3N2O2/c1-8(13(2,3)4)5-11(20)19-6-9(12(18)21)10(7-19)14(15,16)17/h8-10H,5-7H2,1-4H3,(H2,18,21)/t8-,9+,10+/m0/s1. The lowest BCUT2D eigenvalue weighted by Crippen LogP contribution is -2.37. The molecule has 122 valence electrons. The van der Waals surface area contributed by atoms with Crippen molar-refractivity contribution >= 4 is 11.8 Å². The molecule has 1 rings (SSSR count). The number of alkyl halides is 3. The minimum atomic E-state index is -4.52. The molecule has 2 amide bonds. The third-order valence-electron chi connectivity index (χ3n) is 4.42. The largest absolute Gasteiger partial charge is 0.394 e. The molecule has 0 saturated carbocycles. The van der Waals surface area contributed by atoms with Crippen molar-refractivity contribution < 1.29 is 22.8 Å². The number of amides is 2. The van der Waals surface area contributed by atoms with E-state index in [9.17, 15) is 22.8 Å². The molecule has 0 unspecified atom stereocenters. The van der Waals surface area contributed by atoms with Crippen LogP contribution in [0.2, 0.25) is 0 Å². The van der Waals surface area contributed by atoms with Gasteiger partial charge in [0.1, 0.15) is 0 Å². The van der Waals surface area contributed by atoms with Crippen LogP contribution < -0.4 is 5.73 Å². The van der Waals surface area contributed by atoms with Gasteiger partial charge in [-0.1, -0.05) is 27.7 Å². The van der Waals surface area contributed by atoms with Gasteiger partial charge in [0.05, 0.1) is 11.8 Å². The van der Waals surface area contributed by atoms with Crippen molar-refractivity contribution in [1.82, 2.24) is 4.90 Å². The van der Waals surface area contributed by atoms with Crippen LogP contribution in [0.25, 0.3) is 0 Å². The molecule has 4 nitrogen and oxygen atoms in total. The SMILES string of the molecule is C[C@@H](CC(=O)N1C[C@@H](C(F)(F)F)[C@H](C(N)=O)C1)C(C)(C)C. The molecule has 7 heteroatoms.